The third-order valence-corrected chi connectivity index (χ3v) is 7.86. The highest BCUT2D eigenvalue weighted by atomic mass is 16.6. The summed E-state index contributed by atoms with van der Waals surface area (Å²) in [6, 6.07) is 0. The van der Waals surface area contributed by atoms with E-state index >= 15 is 0 Å². The summed E-state index contributed by atoms with van der Waals surface area (Å²) < 4.78 is 30.3. The Kier molecular flexibility index (Phi) is 31.1. The Labute approximate surface area is 301 Å². The summed E-state index contributed by atoms with van der Waals surface area (Å²) in [5.41, 5.74) is 0. The molecule has 12 nitrogen and oxygen atoms in total. The summed E-state index contributed by atoms with van der Waals surface area (Å²) in [7, 11) is 0. The Bertz CT molecular complexity index is 950. The maximum atomic E-state index is 11.7. The number of ether oxygens (including phenoxy) is 6. The maximum Gasteiger partial charge on any atom is 0.305 e. The van der Waals surface area contributed by atoms with Crippen molar-refractivity contribution < 1.29 is 57.2 Å². The molecule has 0 aromatic rings. The van der Waals surface area contributed by atoms with Crippen molar-refractivity contribution in [3.8, 4) is 0 Å². The van der Waals surface area contributed by atoms with Crippen molar-refractivity contribution in [1.29, 1.82) is 0 Å². The number of hydrogen-bond donors (Lipinski definition) is 0. The van der Waals surface area contributed by atoms with Gasteiger partial charge in [-0.15, -0.1) is 0 Å². The topological polar surface area (TPSA) is 158 Å². The summed E-state index contributed by atoms with van der Waals surface area (Å²) in [6.07, 6.45) is 13.8. The molecule has 0 saturated carbocycles. The van der Waals surface area contributed by atoms with E-state index in [-0.39, 0.29) is 61.6 Å². The zero-order valence-electron chi connectivity index (χ0n) is 32.5. The smallest absolute Gasteiger partial charge is 0.305 e. The van der Waals surface area contributed by atoms with Crippen LogP contribution < -0.4 is 0 Å². The van der Waals surface area contributed by atoms with Gasteiger partial charge in [-0.05, 0) is 37.5 Å². The molecule has 12 heteroatoms. The van der Waals surface area contributed by atoms with Crippen molar-refractivity contribution in [1.82, 2.24) is 0 Å². The Morgan fingerprint density at radius 1 is 0.500 bits per heavy atom. The van der Waals surface area contributed by atoms with Crippen LogP contribution in [0.15, 0.2) is 0 Å². The van der Waals surface area contributed by atoms with E-state index in [4.69, 9.17) is 28.4 Å². The minimum atomic E-state index is -0.756. The molecule has 0 radical (unpaired) electrons. The predicted octanol–water partition coefficient (Wildman–Crippen LogP) is 7.46. The standard InChI is InChI=1S/2C19H34O6/c1-13(9-7-8-10-23-16(4)20)11-14(2)19(25-18(6)22)15(3)12-24-17(5)21;1-4-5-6-7-8-9-10-11-12-13-19(22)24-15-18(25-17(3)21)14-23-16(2)20/h13-15,19H,7-12H2,1-6H3;18H,4-15H2,1-3H3. The van der Waals surface area contributed by atoms with Crippen LogP contribution in [-0.4, -0.2) is 74.5 Å². The molecule has 0 aliphatic carbocycles. The number of carbonyl (C=O) groups excluding carboxylic acids is 6. The molecule has 0 rings (SSSR count). The Balaban J connectivity index is 0. The first-order chi connectivity index (χ1) is 23.6. The number of rotatable bonds is 27. The van der Waals surface area contributed by atoms with Gasteiger partial charge in [-0.25, -0.2) is 0 Å². The molecule has 0 aliphatic rings. The normalized spacial score (nSPS) is 13.6. The number of hydrogen-bond acceptors (Lipinski definition) is 12. The van der Waals surface area contributed by atoms with E-state index in [1.54, 1.807) is 0 Å². The van der Waals surface area contributed by atoms with Gasteiger partial charge in [0.1, 0.15) is 19.3 Å². The van der Waals surface area contributed by atoms with Gasteiger partial charge in [0.05, 0.1) is 13.2 Å². The highest BCUT2D eigenvalue weighted by Gasteiger charge is 2.28. The molecular formula is C38H68O12. The maximum absolute atomic E-state index is 11.7. The first-order valence-electron chi connectivity index (χ1n) is 18.5. The quantitative estimate of drug-likeness (QED) is 0.0470. The van der Waals surface area contributed by atoms with Crippen LogP contribution in [0.4, 0.5) is 0 Å². The van der Waals surface area contributed by atoms with Gasteiger partial charge >= 0.3 is 35.8 Å². The summed E-state index contributed by atoms with van der Waals surface area (Å²) in [5, 5.41) is 0. The van der Waals surface area contributed by atoms with E-state index in [2.05, 4.69) is 20.8 Å². The first-order valence-corrected chi connectivity index (χ1v) is 18.5. The third-order valence-electron chi connectivity index (χ3n) is 7.86. The fourth-order valence-corrected chi connectivity index (χ4v) is 5.43. The van der Waals surface area contributed by atoms with Crippen LogP contribution in [0.1, 0.15) is 152 Å². The zero-order valence-corrected chi connectivity index (χ0v) is 32.5. The van der Waals surface area contributed by atoms with E-state index in [9.17, 15) is 28.8 Å². The number of carbonyl (C=O) groups is 6. The molecule has 0 aliphatic heterocycles. The molecule has 50 heavy (non-hydrogen) atoms. The van der Waals surface area contributed by atoms with Gasteiger partial charge in [-0.2, -0.15) is 0 Å². The summed E-state index contributed by atoms with van der Waals surface area (Å²) in [5.74, 6) is -1.62. The molecule has 0 amide bonds. The van der Waals surface area contributed by atoms with Gasteiger partial charge in [-0.1, -0.05) is 85.5 Å². The van der Waals surface area contributed by atoms with Gasteiger partial charge in [0, 0.05) is 47.0 Å². The second-order valence-corrected chi connectivity index (χ2v) is 13.3. The van der Waals surface area contributed by atoms with Crippen LogP contribution >= 0.6 is 0 Å². The van der Waals surface area contributed by atoms with E-state index in [1.807, 2.05) is 6.92 Å². The minimum Gasteiger partial charge on any atom is -0.466 e. The largest absolute Gasteiger partial charge is 0.466 e. The highest BCUT2D eigenvalue weighted by Crippen LogP contribution is 2.26. The number of unbranched alkanes of at least 4 members (excludes halogenated alkanes) is 9. The summed E-state index contributed by atoms with van der Waals surface area (Å²) >= 11 is 0. The van der Waals surface area contributed by atoms with Crippen molar-refractivity contribution in [3.05, 3.63) is 0 Å². The van der Waals surface area contributed by atoms with Crippen LogP contribution in [0.3, 0.4) is 0 Å². The summed E-state index contributed by atoms with van der Waals surface area (Å²) in [4.78, 5) is 66.6. The monoisotopic (exact) mass is 716 g/mol. The van der Waals surface area contributed by atoms with Gasteiger partial charge in [0.2, 0.25) is 0 Å². The average molecular weight is 717 g/mol. The average Bonchev–Trinajstić information content (AvgIpc) is 3.02. The SMILES string of the molecule is CC(=O)OCCCCC(C)CC(C)C(OC(C)=O)C(C)COC(C)=O.CCCCCCCCCCCC(=O)OCC(COC(C)=O)OC(C)=O. The van der Waals surface area contributed by atoms with Crippen LogP contribution in [0.25, 0.3) is 0 Å². The fraction of sp³-hybridized carbons (Fsp3) is 0.842. The second-order valence-electron chi connectivity index (χ2n) is 13.3. The van der Waals surface area contributed by atoms with Crippen LogP contribution in [-0.2, 0) is 57.2 Å². The molecule has 0 bridgehead atoms. The molecule has 0 heterocycles. The van der Waals surface area contributed by atoms with E-state index in [0.29, 0.717) is 18.9 Å². The zero-order chi connectivity index (χ0) is 38.3. The van der Waals surface area contributed by atoms with Crippen molar-refractivity contribution in [2.45, 2.75) is 164 Å². The Morgan fingerprint density at radius 3 is 1.52 bits per heavy atom. The summed E-state index contributed by atoms with van der Waals surface area (Å²) in [6.45, 7) is 15.6. The molecule has 0 N–H and O–H groups in total. The van der Waals surface area contributed by atoms with E-state index in [1.165, 1.54) is 73.1 Å². The second kappa shape index (κ2) is 31.8. The van der Waals surface area contributed by atoms with E-state index < -0.39 is 18.0 Å². The van der Waals surface area contributed by atoms with Crippen molar-refractivity contribution in [3.63, 3.8) is 0 Å². The third kappa shape index (κ3) is 33.3. The van der Waals surface area contributed by atoms with E-state index in [0.717, 1.165) is 44.9 Å². The van der Waals surface area contributed by atoms with Crippen LogP contribution in [0, 0.1) is 17.8 Å². The predicted molar refractivity (Wildman–Crippen MR) is 190 cm³/mol. The molecule has 0 spiro atoms. The molecule has 0 fully saturated rings. The number of esters is 6. The minimum absolute atomic E-state index is 0.0565. The van der Waals surface area contributed by atoms with Crippen LogP contribution in [0.2, 0.25) is 0 Å². The Hall–Kier alpha value is -3.18. The van der Waals surface area contributed by atoms with Gasteiger partial charge in [-0.3, -0.25) is 28.8 Å². The van der Waals surface area contributed by atoms with Gasteiger partial charge < -0.3 is 28.4 Å². The molecule has 292 valence electrons. The highest BCUT2D eigenvalue weighted by molar-refractivity contribution is 5.69. The van der Waals surface area contributed by atoms with Crippen molar-refractivity contribution >= 4 is 35.8 Å². The molecular weight excluding hydrogens is 648 g/mol. The lowest BCUT2D eigenvalue weighted by Crippen LogP contribution is -2.34. The molecule has 5 atom stereocenters. The fourth-order valence-electron chi connectivity index (χ4n) is 5.43. The van der Waals surface area contributed by atoms with Crippen molar-refractivity contribution in [2.75, 3.05) is 26.4 Å². The molecule has 5 unspecified atom stereocenters. The van der Waals surface area contributed by atoms with Crippen LogP contribution in [0.5, 0.6) is 0 Å². The van der Waals surface area contributed by atoms with Gasteiger partial charge in [0.25, 0.3) is 0 Å². The molecule has 0 aromatic carbocycles. The first kappa shape index (κ1) is 48.9. The lowest BCUT2D eigenvalue weighted by molar-refractivity contribution is -0.164. The van der Waals surface area contributed by atoms with Crippen molar-refractivity contribution in [2.24, 2.45) is 17.8 Å². The Morgan fingerprint density at radius 2 is 1.00 bits per heavy atom. The lowest BCUT2D eigenvalue weighted by atomic mass is 9.85. The molecule has 0 saturated heterocycles. The molecule has 0 aromatic heterocycles. The lowest BCUT2D eigenvalue weighted by Gasteiger charge is -2.30. The van der Waals surface area contributed by atoms with Gasteiger partial charge in [0.15, 0.2) is 6.10 Å².